The summed E-state index contributed by atoms with van der Waals surface area (Å²) >= 11 is 0. The molecule has 0 aromatic heterocycles. The molecule has 1 aliphatic heterocycles. The van der Waals surface area contributed by atoms with Gasteiger partial charge in [0.2, 0.25) is 5.91 Å². The number of amides is 2. The van der Waals surface area contributed by atoms with Crippen molar-refractivity contribution in [1.82, 2.24) is 10.2 Å². The first-order valence-electron chi connectivity index (χ1n) is 11.3. The van der Waals surface area contributed by atoms with E-state index in [1.54, 1.807) is 36.3 Å². The van der Waals surface area contributed by atoms with Gasteiger partial charge in [-0.1, -0.05) is 44.2 Å². The number of nitrogens with zero attached hydrogens (tertiary/aromatic N) is 1. The van der Waals surface area contributed by atoms with Gasteiger partial charge in [0.1, 0.15) is 18.4 Å². The number of alkyl carbamates (subject to hydrolysis) is 1. The number of rotatable bonds is 8. The van der Waals surface area contributed by atoms with Crippen molar-refractivity contribution in [3.63, 3.8) is 0 Å². The zero-order valence-electron chi connectivity index (χ0n) is 19.5. The monoisotopic (exact) mass is 452 g/mol. The molecule has 2 aromatic carbocycles. The van der Waals surface area contributed by atoms with Crippen LogP contribution in [0.25, 0.3) is 0 Å². The predicted molar refractivity (Wildman–Crippen MR) is 125 cm³/mol. The molecule has 7 nitrogen and oxygen atoms in total. The van der Waals surface area contributed by atoms with E-state index in [0.29, 0.717) is 37.2 Å². The molecular formula is C26H32N2O5. The van der Waals surface area contributed by atoms with E-state index >= 15 is 0 Å². The van der Waals surface area contributed by atoms with Gasteiger partial charge in [0.25, 0.3) is 0 Å². The van der Waals surface area contributed by atoms with E-state index in [0.717, 1.165) is 5.56 Å². The molecule has 0 spiro atoms. The molecule has 2 amide bonds. The van der Waals surface area contributed by atoms with Crippen LogP contribution in [-0.2, 0) is 16.1 Å². The molecule has 1 saturated heterocycles. The summed E-state index contributed by atoms with van der Waals surface area (Å²) in [7, 11) is 1.59. The van der Waals surface area contributed by atoms with Crippen LogP contribution in [0.3, 0.4) is 0 Å². The summed E-state index contributed by atoms with van der Waals surface area (Å²) in [5.74, 6) is 0.440. The molecule has 0 saturated carbocycles. The number of carbonyl (C=O) groups excluding carboxylic acids is 3. The van der Waals surface area contributed by atoms with Crippen molar-refractivity contribution in [1.29, 1.82) is 0 Å². The second-order valence-corrected chi connectivity index (χ2v) is 8.62. The lowest BCUT2D eigenvalue weighted by molar-refractivity contribution is -0.135. The van der Waals surface area contributed by atoms with Crippen LogP contribution in [0.15, 0.2) is 54.6 Å². The van der Waals surface area contributed by atoms with Gasteiger partial charge in [-0.25, -0.2) is 4.79 Å². The van der Waals surface area contributed by atoms with Gasteiger partial charge in [0.15, 0.2) is 5.78 Å². The molecule has 0 aliphatic carbocycles. The molecule has 33 heavy (non-hydrogen) atoms. The lowest BCUT2D eigenvalue weighted by Crippen LogP contribution is -2.53. The Kier molecular flexibility index (Phi) is 8.46. The Morgan fingerprint density at radius 2 is 1.64 bits per heavy atom. The summed E-state index contributed by atoms with van der Waals surface area (Å²) < 4.78 is 10.4. The molecule has 1 aliphatic rings. The Morgan fingerprint density at radius 1 is 1.00 bits per heavy atom. The molecule has 1 atom stereocenters. The topological polar surface area (TPSA) is 84.9 Å². The van der Waals surface area contributed by atoms with Gasteiger partial charge in [-0.05, 0) is 48.6 Å². The van der Waals surface area contributed by atoms with Crippen molar-refractivity contribution in [2.45, 2.75) is 39.3 Å². The fourth-order valence-electron chi connectivity index (χ4n) is 3.96. The number of hydrogen-bond acceptors (Lipinski definition) is 5. The molecule has 176 valence electrons. The Balaban J connectivity index is 1.52. The fourth-order valence-corrected chi connectivity index (χ4v) is 3.96. The maximum Gasteiger partial charge on any atom is 0.408 e. The van der Waals surface area contributed by atoms with E-state index < -0.39 is 12.1 Å². The third kappa shape index (κ3) is 6.57. The van der Waals surface area contributed by atoms with Crippen molar-refractivity contribution >= 4 is 17.8 Å². The van der Waals surface area contributed by atoms with E-state index in [9.17, 15) is 14.4 Å². The smallest absolute Gasteiger partial charge is 0.408 e. The van der Waals surface area contributed by atoms with Gasteiger partial charge in [-0.15, -0.1) is 0 Å². The van der Waals surface area contributed by atoms with Crippen molar-refractivity contribution < 1.29 is 23.9 Å². The van der Waals surface area contributed by atoms with E-state index in [1.165, 1.54) is 0 Å². The highest BCUT2D eigenvalue weighted by Gasteiger charge is 2.33. The molecule has 0 radical (unpaired) electrons. The Morgan fingerprint density at radius 3 is 2.21 bits per heavy atom. The highest BCUT2D eigenvalue weighted by atomic mass is 16.5. The first-order chi connectivity index (χ1) is 15.9. The number of Topliss-reactive ketones (excluding diaryl/α,β-unsaturated/α-hetero) is 1. The number of nitrogens with one attached hydrogen (secondary N) is 1. The van der Waals surface area contributed by atoms with Gasteiger partial charge in [-0.2, -0.15) is 0 Å². The Labute approximate surface area is 195 Å². The average Bonchev–Trinajstić information content (AvgIpc) is 2.86. The van der Waals surface area contributed by atoms with Gasteiger partial charge in [-0.3, -0.25) is 9.59 Å². The molecule has 3 rings (SSSR count). The number of likely N-dealkylation sites (tertiary alicyclic amines) is 1. The number of ether oxygens (including phenoxy) is 2. The largest absolute Gasteiger partial charge is 0.497 e. The minimum atomic E-state index is -0.679. The van der Waals surface area contributed by atoms with Gasteiger partial charge < -0.3 is 19.7 Å². The number of methoxy groups -OCH3 is 1. The van der Waals surface area contributed by atoms with Crippen LogP contribution in [-0.4, -0.2) is 48.9 Å². The summed E-state index contributed by atoms with van der Waals surface area (Å²) in [6.45, 7) is 4.88. The molecule has 0 unspecified atom stereocenters. The summed E-state index contributed by atoms with van der Waals surface area (Å²) in [6.07, 6.45) is 0.579. The molecule has 2 aromatic rings. The normalized spacial score (nSPS) is 15.1. The maximum atomic E-state index is 13.1. The quantitative estimate of drug-likeness (QED) is 0.611. The van der Waals surface area contributed by atoms with Crippen LogP contribution < -0.4 is 10.1 Å². The lowest BCUT2D eigenvalue weighted by Gasteiger charge is -2.34. The van der Waals surface area contributed by atoms with Crippen LogP contribution in [0.5, 0.6) is 5.75 Å². The minimum Gasteiger partial charge on any atom is -0.497 e. The van der Waals surface area contributed by atoms with Crippen molar-refractivity contribution in [3.05, 3.63) is 65.7 Å². The molecule has 1 N–H and O–H groups in total. The van der Waals surface area contributed by atoms with Crippen molar-refractivity contribution in [3.8, 4) is 5.75 Å². The van der Waals surface area contributed by atoms with Gasteiger partial charge >= 0.3 is 6.09 Å². The molecule has 7 heteroatoms. The molecule has 1 fully saturated rings. The van der Waals surface area contributed by atoms with Gasteiger partial charge in [0.05, 0.1) is 7.11 Å². The fraction of sp³-hybridized carbons (Fsp3) is 0.423. The van der Waals surface area contributed by atoms with Crippen LogP contribution >= 0.6 is 0 Å². The summed E-state index contributed by atoms with van der Waals surface area (Å²) in [5, 5.41) is 2.72. The van der Waals surface area contributed by atoms with Crippen LogP contribution in [0.2, 0.25) is 0 Å². The summed E-state index contributed by atoms with van der Waals surface area (Å²) in [6, 6.07) is 15.8. The number of piperidine rings is 1. The zero-order chi connectivity index (χ0) is 23.8. The molecular weight excluding hydrogens is 420 g/mol. The highest BCUT2D eigenvalue weighted by Crippen LogP contribution is 2.24. The number of carbonyl (C=O) groups is 3. The minimum absolute atomic E-state index is 0.0905. The highest BCUT2D eigenvalue weighted by molar-refractivity contribution is 5.98. The van der Waals surface area contributed by atoms with Crippen molar-refractivity contribution in [2.75, 3.05) is 20.2 Å². The second-order valence-electron chi connectivity index (χ2n) is 8.62. The first kappa shape index (κ1) is 24.3. The average molecular weight is 453 g/mol. The number of ketones is 1. The van der Waals surface area contributed by atoms with Crippen LogP contribution in [0.1, 0.15) is 42.6 Å². The molecule has 0 bridgehead atoms. The Hall–Kier alpha value is -3.35. The Bertz CT molecular complexity index is 935. The number of benzene rings is 2. The lowest BCUT2D eigenvalue weighted by atomic mass is 9.88. The standard InChI is InChI=1S/C26H32N2O5/c1-18(2)23(27-26(31)33-17-19-7-5-4-6-8-19)25(30)28-15-13-21(14-16-28)24(29)20-9-11-22(32-3)12-10-20/h4-12,18,21,23H,13-17H2,1-3H3,(H,27,31)/t23-/m1/s1. The van der Waals surface area contributed by atoms with Crippen LogP contribution in [0.4, 0.5) is 4.79 Å². The SMILES string of the molecule is COc1ccc(C(=O)C2CCN(C(=O)[C@H](NC(=O)OCc3ccccc3)C(C)C)CC2)cc1. The van der Waals surface area contributed by atoms with E-state index in [-0.39, 0.29) is 30.1 Å². The number of hydrogen-bond donors (Lipinski definition) is 1. The zero-order valence-corrected chi connectivity index (χ0v) is 19.5. The third-order valence-corrected chi connectivity index (χ3v) is 5.97. The summed E-state index contributed by atoms with van der Waals surface area (Å²) in [4.78, 5) is 40.0. The van der Waals surface area contributed by atoms with E-state index in [2.05, 4.69) is 5.32 Å². The van der Waals surface area contributed by atoms with E-state index in [1.807, 2.05) is 44.2 Å². The maximum absolute atomic E-state index is 13.1. The van der Waals surface area contributed by atoms with Crippen molar-refractivity contribution in [2.24, 2.45) is 11.8 Å². The second kappa shape index (κ2) is 11.5. The van der Waals surface area contributed by atoms with Gasteiger partial charge in [0, 0.05) is 24.6 Å². The predicted octanol–water partition coefficient (Wildman–Crippen LogP) is 4.07. The molecule has 1 heterocycles. The third-order valence-electron chi connectivity index (χ3n) is 5.97. The van der Waals surface area contributed by atoms with Crippen LogP contribution in [0, 0.1) is 11.8 Å². The summed E-state index contributed by atoms with van der Waals surface area (Å²) in [5.41, 5.74) is 1.53. The first-order valence-corrected chi connectivity index (χ1v) is 11.3. The van der Waals surface area contributed by atoms with E-state index in [4.69, 9.17) is 9.47 Å².